The van der Waals surface area contributed by atoms with Gasteiger partial charge in [0, 0.05) is 15.8 Å². The number of hydrogen-bond donors (Lipinski definition) is 0. The summed E-state index contributed by atoms with van der Waals surface area (Å²) in [7, 11) is 0. The first kappa shape index (κ1) is 15.3. The van der Waals surface area contributed by atoms with Crippen LogP contribution < -0.4 is 14.7 Å². The van der Waals surface area contributed by atoms with Crippen molar-refractivity contribution in [1.29, 1.82) is 0 Å². The summed E-state index contributed by atoms with van der Waals surface area (Å²) in [5.74, 6) is 0.206. The lowest BCUT2D eigenvalue weighted by Gasteiger charge is -2.29. The van der Waals surface area contributed by atoms with E-state index in [1.165, 1.54) is 6.07 Å². The highest BCUT2D eigenvalue weighted by atomic mass is 79.9. The predicted molar refractivity (Wildman–Crippen MR) is 85.2 cm³/mol. The van der Waals surface area contributed by atoms with Gasteiger partial charge in [-0.05, 0) is 22.0 Å². The van der Waals surface area contributed by atoms with Crippen LogP contribution in [0.2, 0.25) is 10.0 Å². The number of rotatable bonds is 3. The van der Waals surface area contributed by atoms with E-state index in [0.717, 1.165) is 0 Å². The Labute approximate surface area is 134 Å². The van der Waals surface area contributed by atoms with E-state index < -0.39 is 6.49 Å². The first-order valence-electron chi connectivity index (χ1n) is 5.11. The predicted octanol–water partition coefficient (Wildman–Crippen LogP) is 4.13. The Morgan fingerprint density at radius 3 is 2.37 bits per heavy atom. The Morgan fingerprint density at radius 1 is 1.11 bits per heavy atom. The Kier molecular flexibility index (Phi) is 4.93. The average Bonchev–Trinajstić information content (AvgIpc) is 2.37. The van der Waals surface area contributed by atoms with Crippen LogP contribution in [0.5, 0.6) is 5.75 Å². The summed E-state index contributed by atoms with van der Waals surface area (Å²) in [5, 5.41) is 1.14. The second-order valence-corrected chi connectivity index (χ2v) is 8.43. The SMILES string of the molecule is [O-]P(=S)(Oc1cc(Cl)c(Br)cc1Cl)c1ccccc1. The Morgan fingerprint density at radius 2 is 1.74 bits per heavy atom. The molecule has 0 bridgehead atoms. The van der Waals surface area contributed by atoms with Gasteiger partial charge in [0.1, 0.15) is 5.75 Å². The molecule has 0 spiro atoms. The van der Waals surface area contributed by atoms with Gasteiger partial charge >= 0.3 is 0 Å². The number of hydrogen-bond acceptors (Lipinski definition) is 3. The average molecular weight is 397 g/mol. The maximum atomic E-state index is 12.4. The van der Waals surface area contributed by atoms with Crippen molar-refractivity contribution in [2.75, 3.05) is 0 Å². The van der Waals surface area contributed by atoms with E-state index in [-0.39, 0.29) is 10.8 Å². The Bertz CT molecular complexity index is 652. The largest absolute Gasteiger partial charge is 0.788 e. The molecule has 0 fully saturated rings. The van der Waals surface area contributed by atoms with Crippen molar-refractivity contribution in [1.82, 2.24) is 0 Å². The van der Waals surface area contributed by atoms with E-state index >= 15 is 0 Å². The molecule has 0 saturated heterocycles. The van der Waals surface area contributed by atoms with Crippen molar-refractivity contribution < 1.29 is 9.42 Å². The van der Waals surface area contributed by atoms with Gasteiger partial charge in [-0.2, -0.15) is 0 Å². The van der Waals surface area contributed by atoms with E-state index in [1.807, 2.05) is 6.07 Å². The van der Waals surface area contributed by atoms with Crippen LogP contribution in [-0.4, -0.2) is 0 Å². The van der Waals surface area contributed by atoms with Crippen molar-refractivity contribution in [3.63, 3.8) is 0 Å². The molecule has 100 valence electrons. The molecule has 0 heterocycles. The fourth-order valence-electron chi connectivity index (χ4n) is 1.37. The molecule has 0 radical (unpaired) electrons. The van der Waals surface area contributed by atoms with E-state index in [0.29, 0.717) is 14.8 Å². The minimum Gasteiger partial charge on any atom is -0.788 e. The molecule has 1 unspecified atom stereocenters. The Balaban J connectivity index is 2.36. The smallest absolute Gasteiger partial charge is 0.143 e. The molecule has 0 saturated carbocycles. The van der Waals surface area contributed by atoms with Crippen molar-refractivity contribution in [2.45, 2.75) is 0 Å². The summed E-state index contributed by atoms with van der Waals surface area (Å²) in [4.78, 5) is 12.4. The number of halogens is 3. The maximum absolute atomic E-state index is 12.4. The van der Waals surface area contributed by atoms with Crippen LogP contribution in [0.4, 0.5) is 0 Å². The third-order valence-electron chi connectivity index (χ3n) is 2.27. The van der Waals surface area contributed by atoms with Gasteiger partial charge in [-0.3, -0.25) is 0 Å². The van der Waals surface area contributed by atoms with E-state index in [9.17, 15) is 4.89 Å². The highest BCUT2D eigenvalue weighted by molar-refractivity contribution is 9.10. The van der Waals surface area contributed by atoms with E-state index in [1.54, 1.807) is 30.3 Å². The molecule has 7 heteroatoms. The first-order chi connectivity index (χ1) is 8.90. The van der Waals surface area contributed by atoms with Gasteiger partial charge in [0.15, 0.2) is 0 Å². The lowest BCUT2D eigenvalue weighted by Crippen LogP contribution is -2.19. The second-order valence-electron chi connectivity index (χ2n) is 3.62. The quantitative estimate of drug-likeness (QED) is 0.577. The molecule has 2 aromatic rings. The van der Waals surface area contributed by atoms with Gasteiger partial charge in [-0.15, -0.1) is 0 Å². The summed E-state index contributed by atoms with van der Waals surface area (Å²) >= 11 is 20.3. The molecule has 0 aliphatic rings. The summed E-state index contributed by atoms with van der Waals surface area (Å²) in [6.45, 7) is -3.40. The zero-order valence-corrected chi connectivity index (χ0v) is 14.2. The molecule has 0 amide bonds. The van der Waals surface area contributed by atoms with Crippen molar-refractivity contribution in [2.24, 2.45) is 0 Å². The van der Waals surface area contributed by atoms with Crippen LogP contribution >= 0.6 is 45.6 Å². The minimum absolute atomic E-state index is 0.206. The van der Waals surface area contributed by atoms with Crippen LogP contribution in [0.15, 0.2) is 46.9 Å². The second kappa shape index (κ2) is 6.13. The van der Waals surface area contributed by atoms with Gasteiger partial charge in [-0.25, -0.2) is 0 Å². The van der Waals surface area contributed by atoms with Gasteiger partial charge < -0.3 is 9.42 Å². The van der Waals surface area contributed by atoms with E-state index in [2.05, 4.69) is 15.9 Å². The standard InChI is InChI=1S/C12H8BrCl2O2PS/c13-9-6-11(15)12(7-10(9)14)17-18(16,19)8-4-2-1-3-5-8/h1-7H,(H,16,19)/p-1. The molecule has 1 atom stereocenters. The normalized spacial score (nSPS) is 13.9. The highest BCUT2D eigenvalue weighted by Gasteiger charge is 2.13. The van der Waals surface area contributed by atoms with Crippen LogP contribution in [0, 0.1) is 0 Å². The van der Waals surface area contributed by atoms with Crippen molar-refractivity contribution in [3.05, 3.63) is 57.0 Å². The highest BCUT2D eigenvalue weighted by Crippen LogP contribution is 2.43. The van der Waals surface area contributed by atoms with Crippen LogP contribution in [0.1, 0.15) is 0 Å². The fourth-order valence-corrected chi connectivity index (χ4v) is 3.91. The zero-order valence-electron chi connectivity index (χ0n) is 9.35. The summed E-state index contributed by atoms with van der Waals surface area (Å²) < 4.78 is 6.02. The topological polar surface area (TPSA) is 32.3 Å². The van der Waals surface area contributed by atoms with Crippen molar-refractivity contribution in [3.8, 4) is 5.75 Å². The Hall–Kier alpha value is -0.0900. The molecule has 2 aromatic carbocycles. The molecular formula is C12H7BrCl2O2PS-. The van der Waals surface area contributed by atoms with Crippen LogP contribution in [0.25, 0.3) is 0 Å². The van der Waals surface area contributed by atoms with Gasteiger partial charge in [-0.1, -0.05) is 65.3 Å². The zero-order chi connectivity index (χ0) is 14.0. The molecule has 0 aliphatic carbocycles. The van der Waals surface area contributed by atoms with Gasteiger partial charge in [0.2, 0.25) is 0 Å². The molecule has 0 N–H and O–H groups in total. The monoisotopic (exact) mass is 395 g/mol. The first-order valence-corrected chi connectivity index (χ1v) is 9.29. The summed E-state index contributed by atoms with van der Waals surface area (Å²) in [6.07, 6.45) is 0. The van der Waals surface area contributed by atoms with Crippen molar-refractivity contribution >= 4 is 62.7 Å². The lowest BCUT2D eigenvalue weighted by molar-refractivity contribution is -0.171. The molecule has 2 nitrogen and oxygen atoms in total. The molecule has 0 aromatic heterocycles. The summed E-state index contributed by atoms with van der Waals surface area (Å²) in [6, 6.07) is 11.7. The molecule has 2 rings (SSSR count). The molecular weight excluding hydrogens is 390 g/mol. The minimum atomic E-state index is -3.40. The number of benzene rings is 2. The van der Waals surface area contributed by atoms with Crippen LogP contribution in [-0.2, 0) is 11.8 Å². The van der Waals surface area contributed by atoms with Crippen LogP contribution in [0.3, 0.4) is 0 Å². The third kappa shape index (κ3) is 3.72. The molecule has 0 aliphatic heterocycles. The lowest BCUT2D eigenvalue weighted by atomic mass is 10.3. The maximum Gasteiger partial charge on any atom is 0.143 e. The third-order valence-corrected chi connectivity index (χ3v) is 5.98. The summed E-state index contributed by atoms with van der Waals surface area (Å²) in [5.41, 5.74) is 0. The molecule has 19 heavy (non-hydrogen) atoms. The fraction of sp³-hybridized carbons (Fsp3) is 0. The van der Waals surface area contributed by atoms with Gasteiger partial charge in [0.05, 0.1) is 16.5 Å². The van der Waals surface area contributed by atoms with E-state index in [4.69, 9.17) is 39.5 Å². The van der Waals surface area contributed by atoms with Gasteiger partial charge in [0.25, 0.3) is 0 Å².